The maximum absolute atomic E-state index is 5.62. The second kappa shape index (κ2) is 42.5. The lowest BCUT2D eigenvalue weighted by atomic mass is 10.1. The maximum atomic E-state index is 5.62. The summed E-state index contributed by atoms with van der Waals surface area (Å²) in [6.07, 6.45) is 21.4. The first-order valence-corrected chi connectivity index (χ1v) is 14.2. The van der Waals surface area contributed by atoms with Gasteiger partial charge in [0.1, 0.15) is 0 Å². The van der Waals surface area contributed by atoms with Gasteiger partial charge in [-0.3, -0.25) is 0 Å². The van der Waals surface area contributed by atoms with Crippen LogP contribution in [0.4, 0.5) is 0 Å². The van der Waals surface area contributed by atoms with Gasteiger partial charge >= 0.3 is 0 Å². The van der Waals surface area contributed by atoms with E-state index in [-0.39, 0.29) is 0 Å². The van der Waals surface area contributed by atoms with Crippen LogP contribution in [0.25, 0.3) is 0 Å². The molecule has 0 amide bonds. The molecule has 4 heteroatoms. The van der Waals surface area contributed by atoms with Crippen molar-refractivity contribution in [1.82, 2.24) is 0 Å². The summed E-state index contributed by atoms with van der Waals surface area (Å²) in [4.78, 5) is 0. The van der Waals surface area contributed by atoms with Gasteiger partial charge in [0.05, 0.1) is 39.6 Å². The minimum atomic E-state index is 0.638. The normalized spacial score (nSPS) is 10.3. The Morgan fingerprint density at radius 2 is 0.500 bits per heavy atom. The van der Waals surface area contributed by atoms with Gasteiger partial charge in [-0.05, 0) is 12.8 Å². The highest BCUT2D eigenvalue weighted by atomic mass is 16.6. The Morgan fingerprint density at radius 1 is 0.294 bits per heavy atom. The van der Waals surface area contributed by atoms with Gasteiger partial charge in [0.2, 0.25) is 0 Å². The van der Waals surface area contributed by atoms with Gasteiger partial charge < -0.3 is 18.9 Å². The minimum Gasteiger partial charge on any atom is -0.379 e. The van der Waals surface area contributed by atoms with Gasteiger partial charge in [-0.15, -0.1) is 26.3 Å². The van der Waals surface area contributed by atoms with Crippen molar-refractivity contribution in [2.75, 3.05) is 52.9 Å². The molecule has 0 heterocycles. The Labute approximate surface area is 214 Å². The molecule has 0 N–H and O–H groups in total. The Kier molecular flexibility index (Phi) is 47.3. The molecule has 0 saturated carbocycles. The van der Waals surface area contributed by atoms with Gasteiger partial charge in [0.25, 0.3) is 0 Å². The van der Waals surface area contributed by atoms with Crippen molar-refractivity contribution in [2.45, 2.75) is 117 Å². The molecule has 0 rings (SSSR count). The molecule has 0 saturated heterocycles. The number of unbranched alkanes of at least 4 members (excludes halogenated alkanes) is 14. The third kappa shape index (κ3) is 41.6. The zero-order valence-electron chi connectivity index (χ0n) is 23.4. The smallest absolute Gasteiger partial charge is 0.0701 e. The van der Waals surface area contributed by atoms with Crippen LogP contribution in [-0.2, 0) is 18.9 Å². The topological polar surface area (TPSA) is 36.9 Å². The average Bonchev–Trinajstić information content (AvgIpc) is 2.88. The summed E-state index contributed by atoms with van der Waals surface area (Å²) in [5, 5.41) is 0. The highest BCUT2D eigenvalue weighted by Gasteiger charge is 1.95. The van der Waals surface area contributed by atoms with Crippen LogP contribution in [0.15, 0.2) is 26.3 Å². The Bertz CT molecular complexity index is 282. The van der Waals surface area contributed by atoms with Gasteiger partial charge in [-0.25, -0.2) is 0 Å². The third-order valence-electron chi connectivity index (χ3n) is 5.40. The predicted molar refractivity (Wildman–Crippen MR) is 151 cm³/mol. The van der Waals surface area contributed by atoms with Gasteiger partial charge in [0.15, 0.2) is 0 Å². The number of hydrogen-bond donors (Lipinski definition) is 0. The summed E-state index contributed by atoms with van der Waals surface area (Å²) in [7, 11) is 0. The van der Waals surface area contributed by atoms with Crippen LogP contribution in [0.2, 0.25) is 0 Å². The highest BCUT2D eigenvalue weighted by Crippen LogP contribution is 2.09. The van der Waals surface area contributed by atoms with E-state index >= 15 is 0 Å². The first kappa shape index (κ1) is 37.9. The quantitative estimate of drug-likeness (QED) is 0.0857. The van der Waals surface area contributed by atoms with E-state index in [0.29, 0.717) is 39.6 Å². The second-order valence-corrected chi connectivity index (χ2v) is 8.40. The molecular formula is C30H62O4. The predicted octanol–water partition coefficient (Wildman–Crippen LogP) is 8.94. The van der Waals surface area contributed by atoms with Crippen LogP contribution in [0.5, 0.6) is 0 Å². The van der Waals surface area contributed by atoms with E-state index in [4.69, 9.17) is 18.9 Å². The third-order valence-corrected chi connectivity index (χ3v) is 5.40. The van der Waals surface area contributed by atoms with Crippen molar-refractivity contribution in [2.24, 2.45) is 0 Å². The summed E-state index contributed by atoms with van der Waals surface area (Å²) >= 11 is 0. The zero-order chi connectivity index (χ0) is 25.8. The van der Waals surface area contributed by atoms with Crippen LogP contribution in [0, 0.1) is 0 Å². The van der Waals surface area contributed by atoms with Crippen molar-refractivity contribution < 1.29 is 18.9 Å². The fourth-order valence-corrected chi connectivity index (χ4v) is 3.44. The Morgan fingerprint density at radius 3 is 0.765 bits per heavy atom. The molecule has 0 aromatic heterocycles. The van der Waals surface area contributed by atoms with Gasteiger partial charge in [-0.2, -0.15) is 0 Å². The van der Waals surface area contributed by atoms with E-state index < -0.39 is 0 Å². The molecule has 0 unspecified atom stereocenters. The second-order valence-electron chi connectivity index (χ2n) is 8.40. The van der Waals surface area contributed by atoms with E-state index in [1.54, 1.807) is 0 Å². The zero-order valence-corrected chi connectivity index (χ0v) is 23.4. The van der Waals surface area contributed by atoms with E-state index in [1.165, 1.54) is 103 Å². The van der Waals surface area contributed by atoms with E-state index in [9.17, 15) is 0 Å². The molecule has 206 valence electrons. The van der Waals surface area contributed by atoms with E-state index in [2.05, 4.69) is 40.2 Å². The van der Waals surface area contributed by atoms with Crippen molar-refractivity contribution >= 4 is 0 Å². The summed E-state index contributed by atoms with van der Waals surface area (Å²) in [6, 6.07) is 0. The van der Waals surface area contributed by atoms with Gasteiger partial charge in [0, 0.05) is 13.2 Å². The molecular weight excluding hydrogens is 424 g/mol. The molecule has 0 aliphatic heterocycles. The molecule has 4 nitrogen and oxygen atoms in total. The summed E-state index contributed by atoms with van der Waals surface area (Å²) in [6.45, 7) is 22.3. The molecule has 0 radical (unpaired) electrons. The molecule has 0 atom stereocenters. The molecule has 34 heavy (non-hydrogen) atoms. The molecule has 0 aromatic carbocycles. The minimum absolute atomic E-state index is 0.638. The monoisotopic (exact) mass is 486 g/mol. The fraction of sp³-hybridized carbons (Fsp3) is 0.867. The lowest BCUT2D eigenvalue weighted by molar-refractivity contribution is -0.00248. The standard InChI is InChI=1S/C26H54O4.2C2H4/c1-3-5-7-9-11-13-15-17-19-27-21-23-29-25-26-30-24-22-28-20-18-16-14-12-10-8-6-4-2;2*1-2/h3-26H2,1-2H3;2*1-2H2. The number of hydrogen-bond acceptors (Lipinski definition) is 4. The first-order chi connectivity index (χ1) is 16.9. The molecule has 0 aromatic rings. The lowest BCUT2D eigenvalue weighted by Gasteiger charge is -2.08. The van der Waals surface area contributed by atoms with Crippen LogP contribution < -0.4 is 0 Å². The van der Waals surface area contributed by atoms with Crippen molar-refractivity contribution in [3.05, 3.63) is 26.3 Å². The van der Waals surface area contributed by atoms with Crippen LogP contribution in [0.1, 0.15) is 117 Å². The van der Waals surface area contributed by atoms with Crippen LogP contribution in [-0.4, -0.2) is 52.9 Å². The lowest BCUT2D eigenvalue weighted by Crippen LogP contribution is -2.12. The highest BCUT2D eigenvalue weighted by molar-refractivity contribution is 4.47. The average molecular weight is 487 g/mol. The van der Waals surface area contributed by atoms with Crippen LogP contribution >= 0.6 is 0 Å². The molecule has 0 aliphatic rings. The molecule has 0 bridgehead atoms. The van der Waals surface area contributed by atoms with Crippen molar-refractivity contribution in [3.8, 4) is 0 Å². The van der Waals surface area contributed by atoms with Crippen LogP contribution in [0.3, 0.4) is 0 Å². The summed E-state index contributed by atoms with van der Waals surface area (Å²) in [5.41, 5.74) is 0. The molecule has 0 spiro atoms. The fourth-order valence-electron chi connectivity index (χ4n) is 3.44. The first-order valence-electron chi connectivity index (χ1n) is 14.2. The number of ether oxygens (including phenoxy) is 4. The van der Waals surface area contributed by atoms with Gasteiger partial charge in [-0.1, -0.05) is 104 Å². The largest absolute Gasteiger partial charge is 0.379 e. The molecule has 0 fully saturated rings. The van der Waals surface area contributed by atoms with E-state index in [1.807, 2.05) is 0 Å². The Balaban J connectivity index is -0.00000227. The van der Waals surface area contributed by atoms with E-state index in [0.717, 1.165) is 13.2 Å². The maximum Gasteiger partial charge on any atom is 0.0701 e. The summed E-state index contributed by atoms with van der Waals surface area (Å²) in [5.74, 6) is 0. The Hall–Kier alpha value is -0.680. The van der Waals surface area contributed by atoms with Crippen molar-refractivity contribution in [1.29, 1.82) is 0 Å². The molecule has 0 aliphatic carbocycles. The van der Waals surface area contributed by atoms with Crippen molar-refractivity contribution in [3.63, 3.8) is 0 Å². The SMILES string of the molecule is C=C.C=C.CCCCCCCCCCOCCOCCOCCOCCCCCCCCCC. The summed E-state index contributed by atoms with van der Waals surface area (Å²) < 4.78 is 22.3. The number of rotatable bonds is 27.